The molecule has 28 heavy (non-hydrogen) atoms. The van der Waals surface area contributed by atoms with Crippen molar-refractivity contribution >= 4 is 0 Å². The molecule has 0 radical (unpaired) electrons. The molecule has 0 aliphatic rings. The normalized spacial score (nSPS) is 10.2. The topological polar surface area (TPSA) is 78.3 Å². The zero-order valence-corrected chi connectivity index (χ0v) is 14.9. The number of hydrogen-bond acceptors (Lipinski definition) is 4. The van der Waals surface area contributed by atoms with Crippen molar-refractivity contribution < 1.29 is 0 Å². The first-order chi connectivity index (χ1) is 13.8. The maximum atomic E-state index is 9.04. The predicted molar refractivity (Wildman–Crippen MR) is 105 cm³/mol. The number of pyridine rings is 1. The van der Waals surface area contributed by atoms with E-state index < -0.39 is 0 Å². The molecule has 0 saturated carbocycles. The molecule has 0 aliphatic carbocycles. The van der Waals surface area contributed by atoms with Crippen molar-refractivity contribution in [3.05, 3.63) is 102 Å². The molecule has 0 bridgehead atoms. The summed E-state index contributed by atoms with van der Waals surface area (Å²) in [5.74, 6) is 0.850. The Balaban J connectivity index is 1.78. The minimum Gasteiger partial charge on any atom is -0.303 e. The van der Waals surface area contributed by atoms with E-state index in [4.69, 9.17) is 15.5 Å². The molecule has 0 amide bonds. The molecule has 0 spiro atoms. The minimum absolute atomic E-state index is 0.580. The van der Waals surface area contributed by atoms with E-state index in [9.17, 15) is 0 Å². The highest BCUT2D eigenvalue weighted by molar-refractivity contribution is 5.61. The van der Waals surface area contributed by atoms with Crippen LogP contribution in [-0.2, 0) is 6.42 Å². The van der Waals surface area contributed by atoms with Gasteiger partial charge in [-0.05, 0) is 48.5 Å². The van der Waals surface area contributed by atoms with E-state index in [1.807, 2.05) is 53.2 Å². The summed E-state index contributed by atoms with van der Waals surface area (Å²) in [6, 6.07) is 24.9. The summed E-state index contributed by atoms with van der Waals surface area (Å²) in [6.07, 6.45) is 4.32. The smallest absolute Gasteiger partial charge is 0.119 e. The van der Waals surface area contributed by atoms with Crippen LogP contribution in [-0.4, -0.2) is 14.5 Å². The lowest BCUT2D eigenvalue weighted by Crippen LogP contribution is -2.02. The molecule has 4 rings (SSSR count). The Morgan fingerprint density at radius 1 is 0.821 bits per heavy atom. The van der Waals surface area contributed by atoms with Crippen molar-refractivity contribution in [1.82, 2.24) is 14.5 Å². The average Bonchev–Trinajstić information content (AvgIpc) is 3.18. The molecule has 4 aromatic rings. The summed E-state index contributed by atoms with van der Waals surface area (Å²) >= 11 is 0. The largest absolute Gasteiger partial charge is 0.303 e. The van der Waals surface area contributed by atoms with Crippen molar-refractivity contribution in [2.45, 2.75) is 6.42 Å². The summed E-state index contributed by atoms with van der Waals surface area (Å²) in [6.45, 7) is 0. The van der Waals surface area contributed by atoms with Gasteiger partial charge in [-0.25, -0.2) is 4.98 Å². The molecular weight excluding hydrogens is 346 g/mol. The van der Waals surface area contributed by atoms with Crippen LogP contribution in [0.4, 0.5) is 0 Å². The zero-order chi connectivity index (χ0) is 19.3. The number of nitrogens with zero attached hydrogens (tertiary/aromatic N) is 5. The van der Waals surface area contributed by atoms with Gasteiger partial charge in [0.1, 0.15) is 5.82 Å². The first kappa shape index (κ1) is 17.2. The Hall–Kier alpha value is -4.22. The Kier molecular flexibility index (Phi) is 4.65. The number of rotatable bonds is 4. The molecule has 0 saturated heterocycles. The Bertz CT molecular complexity index is 1180. The molecule has 0 unspecified atom stereocenters. The van der Waals surface area contributed by atoms with Crippen LogP contribution in [0.2, 0.25) is 0 Å². The molecule has 0 atom stereocenters. The van der Waals surface area contributed by atoms with Gasteiger partial charge in [-0.1, -0.05) is 18.2 Å². The third-order valence-corrected chi connectivity index (χ3v) is 4.43. The van der Waals surface area contributed by atoms with Crippen LogP contribution in [0.5, 0.6) is 0 Å². The molecule has 2 aromatic carbocycles. The molecule has 0 aliphatic heterocycles. The zero-order valence-electron chi connectivity index (χ0n) is 14.9. The van der Waals surface area contributed by atoms with E-state index in [0.717, 1.165) is 28.5 Å². The van der Waals surface area contributed by atoms with Crippen LogP contribution in [0, 0.1) is 22.7 Å². The van der Waals surface area contributed by atoms with Gasteiger partial charge in [0.05, 0.1) is 29.0 Å². The highest BCUT2D eigenvalue weighted by Crippen LogP contribution is 2.23. The Labute approximate surface area is 162 Å². The third kappa shape index (κ3) is 3.51. The maximum Gasteiger partial charge on any atom is 0.119 e. The van der Waals surface area contributed by atoms with Crippen molar-refractivity contribution in [2.24, 2.45) is 0 Å². The SMILES string of the molecule is N#Cc1ccc(-c2cn(-c3ccc(C#N)cc3)c(Cc3ccccn3)n2)cc1. The lowest BCUT2D eigenvalue weighted by molar-refractivity contribution is 0.892. The highest BCUT2D eigenvalue weighted by atomic mass is 15.1. The van der Waals surface area contributed by atoms with Gasteiger partial charge in [0.15, 0.2) is 0 Å². The van der Waals surface area contributed by atoms with E-state index >= 15 is 0 Å². The summed E-state index contributed by atoms with van der Waals surface area (Å²) in [7, 11) is 0. The fourth-order valence-electron chi connectivity index (χ4n) is 2.98. The van der Waals surface area contributed by atoms with E-state index in [2.05, 4.69) is 17.1 Å². The molecule has 2 heterocycles. The van der Waals surface area contributed by atoms with Crippen LogP contribution in [0.3, 0.4) is 0 Å². The quantitative estimate of drug-likeness (QED) is 0.544. The van der Waals surface area contributed by atoms with Gasteiger partial charge in [0, 0.05) is 35.8 Å². The van der Waals surface area contributed by atoms with Gasteiger partial charge in [0.2, 0.25) is 0 Å². The second kappa shape index (κ2) is 7.57. The highest BCUT2D eigenvalue weighted by Gasteiger charge is 2.13. The molecular formula is C23H15N5. The predicted octanol–water partition coefficient (Wildman–Crippen LogP) is 4.27. The monoisotopic (exact) mass is 361 g/mol. The molecule has 2 aromatic heterocycles. The van der Waals surface area contributed by atoms with Gasteiger partial charge >= 0.3 is 0 Å². The van der Waals surface area contributed by atoms with Crippen LogP contribution in [0.1, 0.15) is 22.6 Å². The second-order valence-corrected chi connectivity index (χ2v) is 6.26. The van der Waals surface area contributed by atoms with Crippen LogP contribution in [0.25, 0.3) is 16.9 Å². The van der Waals surface area contributed by atoms with E-state index in [0.29, 0.717) is 17.5 Å². The van der Waals surface area contributed by atoms with E-state index in [1.54, 1.807) is 30.5 Å². The minimum atomic E-state index is 0.580. The van der Waals surface area contributed by atoms with Gasteiger partial charge in [-0.15, -0.1) is 0 Å². The summed E-state index contributed by atoms with van der Waals surface area (Å²) < 4.78 is 2.02. The summed E-state index contributed by atoms with van der Waals surface area (Å²) in [5.41, 5.74) is 4.84. The molecule has 5 heteroatoms. The van der Waals surface area contributed by atoms with Crippen molar-refractivity contribution in [1.29, 1.82) is 10.5 Å². The molecule has 0 fully saturated rings. The molecule has 5 nitrogen and oxygen atoms in total. The maximum absolute atomic E-state index is 9.04. The number of imidazole rings is 1. The van der Waals surface area contributed by atoms with Gasteiger partial charge in [-0.2, -0.15) is 10.5 Å². The van der Waals surface area contributed by atoms with Gasteiger partial charge in [0.25, 0.3) is 0 Å². The van der Waals surface area contributed by atoms with E-state index in [1.165, 1.54) is 0 Å². The van der Waals surface area contributed by atoms with Crippen molar-refractivity contribution in [3.8, 4) is 29.1 Å². The Morgan fingerprint density at radius 3 is 2.11 bits per heavy atom. The summed E-state index contributed by atoms with van der Waals surface area (Å²) in [4.78, 5) is 9.23. The van der Waals surface area contributed by atoms with Gasteiger partial charge < -0.3 is 4.57 Å². The van der Waals surface area contributed by atoms with Gasteiger partial charge in [-0.3, -0.25) is 4.98 Å². The number of nitriles is 2. The fraction of sp³-hybridized carbons (Fsp3) is 0.0435. The van der Waals surface area contributed by atoms with Crippen LogP contribution >= 0.6 is 0 Å². The summed E-state index contributed by atoms with van der Waals surface area (Å²) in [5, 5.41) is 18.0. The first-order valence-electron chi connectivity index (χ1n) is 8.76. The molecule has 132 valence electrons. The lowest BCUT2D eigenvalue weighted by Gasteiger charge is -2.07. The van der Waals surface area contributed by atoms with E-state index in [-0.39, 0.29) is 0 Å². The van der Waals surface area contributed by atoms with Crippen LogP contribution < -0.4 is 0 Å². The van der Waals surface area contributed by atoms with Crippen LogP contribution in [0.15, 0.2) is 79.1 Å². The van der Waals surface area contributed by atoms with Crippen molar-refractivity contribution in [3.63, 3.8) is 0 Å². The number of hydrogen-bond donors (Lipinski definition) is 0. The third-order valence-electron chi connectivity index (χ3n) is 4.43. The lowest BCUT2D eigenvalue weighted by atomic mass is 10.1. The van der Waals surface area contributed by atoms with Crippen molar-refractivity contribution in [2.75, 3.05) is 0 Å². The second-order valence-electron chi connectivity index (χ2n) is 6.26. The number of aromatic nitrogens is 3. The first-order valence-corrected chi connectivity index (χ1v) is 8.76. The Morgan fingerprint density at radius 2 is 1.50 bits per heavy atom. The standard InChI is InChI=1S/C23H15N5/c24-14-17-4-8-19(9-5-17)22-16-28(21-10-6-18(15-25)7-11-21)23(27-22)13-20-3-1-2-12-26-20/h1-12,16H,13H2. The number of benzene rings is 2. The fourth-order valence-corrected chi connectivity index (χ4v) is 2.98. The molecule has 0 N–H and O–H groups in total. The average molecular weight is 361 g/mol.